The van der Waals surface area contributed by atoms with Crippen molar-refractivity contribution in [2.45, 2.75) is 57.6 Å². The van der Waals surface area contributed by atoms with Gasteiger partial charge in [-0.2, -0.15) is 0 Å². The molecule has 2 aromatic rings. The molecule has 166 valence electrons. The van der Waals surface area contributed by atoms with Crippen LogP contribution in [0.5, 0.6) is 0 Å². The lowest BCUT2D eigenvalue weighted by Gasteiger charge is -2.37. The third kappa shape index (κ3) is 7.28. The summed E-state index contributed by atoms with van der Waals surface area (Å²) >= 11 is 6.24. The molecule has 5 nitrogen and oxygen atoms in total. The zero-order chi connectivity index (χ0) is 22.1. The van der Waals surface area contributed by atoms with E-state index in [1.54, 1.807) is 0 Å². The van der Waals surface area contributed by atoms with Crippen molar-refractivity contribution < 1.29 is 19.1 Å². The van der Waals surface area contributed by atoms with Gasteiger partial charge in [0.15, 0.2) is 0 Å². The van der Waals surface area contributed by atoms with Crippen molar-refractivity contribution in [2.75, 3.05) is 6.61 Å². The van der Waals surface area contributed by atoms with E-state index in [-0.39, 0.29) is 24.5 Å². The third-order valence-electron chi connectivity index (χ3n) is 5.81. The fourth-order valence-corrected chi connectivity index (χ4v) is 4.47. The molecule has 1 aliphatic rings. The van der Waals surface area contributed by atoms with Crippen LogP contribution in [-0.4, -0.2) is 24.7 Å². The molecule has 0 aliphatic heterocycles. The van der Waals surface area contributed by atoms with Crippen molar-refractivity contribution in [1.29, 1.82) is 0 Å². The first-order valence-electron chi connectivity index (χ1n) is 10.9. The molecule has 0 spiro atoms. The molecular weight excluding hydrogens is 414 g/mol. The summed E-state index contributed by atoms with van der Waals surface area (Å²) in [6.45, 7) is 2.47. The fraction of sp³-hybridized carbons (Fsp3) is 0.440. The SMILES string of the molecule is CCOC(=O)CCC1CC[C@@H](NC(=O)OCc2ccccc2)[C@H](c2cccc(Cl)c2)C1. The van der Waals surface area contributed by atoms with Crippen LogP contribution in [0, 0.1) is 5.92 Å². The fourth-order valence-electron chi connectivity index (χ4n) is 4.27. The number of ether oxygens (including phenoxy) is 2. The Hall–Kier alpha value is -2.53. The summed E-state index contributed by atoms with van der Waals surface area (Å²) in [5.41, 5.74) is 2.05. The van der Waals surface area contributed by atoms with Crippen LogP contribution in [-0.2, 0) is 20.9 Å². The van der Waals surface area contributed by atoms with Gasteiger partial charge in [-0.05, 0) is 61.8 Å². The van der Waals surface area contributed by atoms with E-state index in [4.69, 9.17) is 21.1 Å². The maximum absolute atomic E-state index is 12.5. The quantitative estimate of drug-likeness (QED) is 0.519. The number of esters is 1. The van der Waals surface area contributed by atoms with E-state index in [9.17, 15) is 9.59 Å². The van der Waals surface area contributed by atoms with Gasteiger partial charge in [-0.25, -0.2) is 4.79 Å². The minimum Gasteiger partial charge on any atom is -0.466 e. The van der Waals surface area contributed by atoms with Crippen molar-refractivity contribution in [3.05, 3.63) is 70.7 Å². The van der Waals surface area contributed by atoms with Gasteiger partial charge in [0.05, 0.1) is 6.61 Å². The van der Waals surface area contributed by atoms with Crippen molar-refractivity contribution in [2.24, 2.45) is 5.92 Å². The third-order valence-corrected chi connectivity index (χ3v) is 6.05. The summed E-state index contributed by atoms with van der Waals surface area (Å²) in [6, 6.07) is 17.4. The summed E-state index contributed by atoms with van der Waals surface area (Å²) in [6.07, 6.45) is 3.46. The van der Waals surface area contributed by atoms with Crippen LogP contribution in [0.4, 0.5) is 4.79 Å². The number of benzene rings is 2. The molecule has 1 unspecified atom stereocenters. The molecule has 1 saturated carbocycles. The number of alkyl carbamates (subject to hydrolysis) is 1. The molecule has 0 saturated heterocycles. The molecule has 31 heavy (non-hydrogen) atoms. The minimum absolute atomic E-state index is 0.0411. The lowest BCUT2D eigenvalue weighted by molar-refractivity contribution is -0.143. The molecule has 0 aromatic heterocycles. The molecule has 1 amide bonds. The lowest BCUT2D eigenvalue weighted by atomic mass is 9.73. The molecule has 0 heterocycles. The average Bonchev–Trinajstić information content (AvgIpc) is 2.78. The molecule has 2 aromatic carbocycles. The molecule has 0 radical (unpaired) electrons. The van der Waals surface area contributed by atoms with Crippen LogP contribution in [0.2, 0.25) is 5.02 Å². The van der Waals surface area contributed by atoms with E-state index in [0.717, 1.165) is 36.8 Å². The molecule has 1 N–H and O–H groups in total. The maximum atomic E-state index is 12.5. The maximum Gasteiger partial charge on any atom is 0.407 e. The van der Waals surface area contributed by atoms with E-state index in [1.807, 2.05) is 61.5 Å². The van der Waals surface area contributed by atoms with Crippen LogP contribution < -0.4 is 5.32 Å². The average molecular weight is 444 g/mol. The minimum atomic E-state index is -0.411. The van der Waals surface area contributed by atoms with E-state index in [1.165, 1.54) is 0 Å². The van der Waals surface area contributed by atoms with Crippen LogP contribution in [0.15, 0.2) is 54.6 Å². The van der Waals surface area contributed by atoms with Gasteiger partial charge in [-0.1, -0.05) is 54.1 Å². The summed E-state index contributed by atoms with van der Waals surface area (Å²) in [7, 11) is 0. The number of hydrogen-bond acceptors (Lipinski definition) is 4. The first-order valence-corrected chi connectivity index (χ1v) is 11.3. The topological polar surface area (TPSA) is 64.6 Å². The summed E-state index contributed by atoms with van der Waals surface area (Å²) in [5, 5.41) is 3.74. The molecule has 0 bridgehead atoms. The second kappa shape index (κ2) is 11.8. The highest BCUT2D eigenvalue weighted by molar-refractivity contribution is 6.30. The van der Waals surface area contributed by atoms with Gasteiger partial charge >= 0.3 is 12.1 Å². The molecule has 1 aliphatic carbocycles. The van der Waals surface area contributed by atoms with Gasteiger partial charge < -0.3 is 14.8 Å². The smallest absolute Gasteiger partial charge is 0.407 e. The second-order valence-corrected chi connectivity index (χ2v) is 8.43. The number of halogens is 1. The van der Waals surface area contributed by atoms with Crippen molar-refractivity contribution in [1.82, 2.24) is 5.32 Å². The van der Waals surface area contributed by atoms with Crippen molar-refractivity contribution in [3.8, 4) is 0 Å². The molecule has 3 atom stereocenters. The van der Waals surface area contributed by atoms with E-state index >= 15 is 0 Å². The first-order chi connectivity index (χ1) is 15.0. The highest BCUT2D eigenvalue weighted by Gasteiger charge is 2.33. The number of hydrogen-bond donors (Lipinski definition) is 1. The first kappa shape index (κ1) is 23.1. The van der Waals surface area contributed by atoms with Gasteiger partial charge in [0.25, 0.3) is 0 Å². The highest BCUT2D eigenvalue weighted by atomic mass is 35.5. The Balaban J connectivity index is 1.62. The number of rotatable bonds is 8. The summed E-state index contributed by atoms with van der Waals surface area (Å²) in [5.74, 6) is 0.363. The number of carbonyl (C=O) groups excluding carboxylic acids is 2. The van der Waals surface area contributed by atoms with Gasteiger partial charge in [0, 0.05) is 23.4 Å². The molecule has 6 heteroatoms. The lowest BCUT2D eigenvalue weighted by Crippen LogP contribution is -2.43. The molecular formula is C25H30ClNO4. The predicted octanol–water partition coefficient (Wildman–Crippen LogP) is 5.86. The van der Waals surface area contributed by atoms with Gasteiger partial charge in [0.2, 0.25) is 0 Å². The van der Waals surface area contributed by atoms with E-state index in [0.29, 0.717) is 24.0 Å². The molecule has 1 fully saturated rings. The Kier molecular flexibility index (Phi) is 8.77. The summed E-state index contributed by atoms with van der Waals surface area (Å²) < 4.78 is 10.5. The van der Waals surface area contributed by atoms with Crippen LogP contribution >= 0.6 is 11.6 Å². The standard InChI is InChI=1S/C25H30ClNO4/c1-2-30-24(28)14-12-18-11-13-23(22(15-18)20-9-6-10-21(26)16-20)27-25(29)31-17-19-7-4-3-5-8-19/h3-10,16,18,22-23H,2,11-15,17H2,1H3,(H,27,29)/t18?,22-,23+/m0/s1. The van der Waals surface area contributed by atoms with Gasteiger partial charge in [-0.3, -0.25) is 4.79 Å². The Morgan fingerprint density at radius 1 is 1.06 bits per heavy atom. The Morgan fingerprint density at radius 2 is 1.87 bits per heavy atom. The normalized spacial score (nSPS) is 20.6. The second-order valence-electron chi connectivity index (χ2n) is 8.00. The van der Waals surface area contributed by atoms with Crippen LogP contribution in [0.1, 0.15) is 56.1 Å². The predicted molar refractivity (Wildman–Crippen MR) is 121 cm³/mol. The Labute approximate surface area is 189 Å². The van der Waals surface area contributed by atoms with Crippen LogP contribution in [0.3, 0.4) is 0 Å². The molecule has 3 rings (SSSR count). The Morgan fingerprint density at radius 3 is 2.61 bits per heavy atom. The Bertz CT molecular complexity index is 858. The highest BCUT2D eigenvalue weighted by Crippen LogP contribution is 2.39. The number of amides is 1. The largest absolute Gasteiger partial charge is 0.466 e. The summed E-state index contributed by atoms with van der Waals surface area (Å²) in [4.78, 5) is 24.2. The zero-order valence-electron chi connectivity index (χ0n) is 17.9. The monoisotopic (exact) mass is 443 g/mol. The zero-order valence-corrected chi connectivity index (χ0v) is 18.6. The van der Waals surface area contributed by atoms with E-state index < -0.39 is 6.09 Å². The van der Waals surface area contributed by atoms with Crippen molar-refractivity contribution >= 4 is 23.7 Å². The van der Waals surface area contributed by atoms with Gasteiger partial charge in [0.1, 0.15) is 6.61 Å². The van der Waals surface area contributed by atoms with Gasteiger partial charge in [-0.15, -0.1) is 0 Å². The van der Waals surface area contributed by atoms with Crippen LogP contribution in [0.25, 0.3) is 0 Å². The number of nitrogens with one attached hydrogen (secondary N) is 1. The van der Waals surface area contributed by atoms with E-state index in [2.05, 4.69) is 5.32 Å². The number of carbonyl (C=O) groups is 2. The van der Waals surface area contributed by atoms with Crippen molar-refractivity contribution in [3.63, 3.8) is 0 Å².